The summed E-state index contributed by atoms with van der Waals surface area (Å²) in [6.45, 7) is 0.213. The molecule has 5 nitrogen and oxygen atoms in total. The first-order valence-corrected chi connectivity index (χ1v) is 5.79. The lowest BCUT2D eigenvalue weighted by Gasteiger charge is -2.06. The van der Waals surface area contributed by atoms with Crippen LogP contribution in [0.5, 0.6) is 11.5 Å². The van der Waals surface area contributed by atoms with Crippen molar-refractivity contribution in [2.75, 3.05) is 17.8 Å². The highest BCUT2D eigenvalue weighted by Crippen LogP contribution is 2.34. The summed E-state index contributed by atoms with van der Waals surface area (Å²) in [6.07, 6.45) is 0. The highest BCUT2D eigenvalue weighted by atomic mass is 16.7. The van der Waals surface area contributed by atoms with Gasteiger partial charge >= 0.3 is 0 Å². The minimum atomic E-state index is -0.195. The zero-order chi connectivity index (χ0) is 13.2. The average Bonchev–Trinajstić information content (AvgIpc) is 2.87. The summed E-state index contributed by atoms with van der Waals surface area (Å²) in [5.74, 6) is 1.12. The fraction of sp³-hybridized carbons (Fsp3) is 0.0714. The van der Waals surface area contributed by atoms with Crippen LogP contribution < -0.4 is 20.5 Å². The van der Waals surface area contributed by atoms with E-state index in [1.54, 1.807) is 42.5 Å². The molecule has 0 aromatic heterocycles. The number of amides is 1. The first kappa shape index (κ1) is 11.4. The normalized spacial score (nSPS) is 12.2. The van der Waals surface area contributed by atoms with E-state index in [-0.39, 0.29) is 12.7 Å². The molecular formula is C14H12N2O3. The highest BCUT2D eigenvalue weighted by molar-refractivity contribution is 6.04. The third-order valence-corrected chi connectivity index (χ3v) is 2.80. The van der Waals surface area contributed by atoms with Crippen molar-refractivity contribution < 1.29 is 14.3 Å². The van der Waals surface area contributed by atoms with E-state index in [1.807, 2.05) is 0 Å². The minimum absolute atomic E-state index is 0.195. The molecule has 3 N–H and O–H groups in total. The Morgan fingerprint density at radius 1 is 1.05 bits per heavy atom. The molecular weight excluding hydrogens is 244 g/mol. The van der Waals surface area contributed by atoms with Crippen molar-refractivity contribution in [3.05, 3.63) is 48.0 Å². The SMILES string of the molecule is Nc1ccc(C(=O)Nc2ccc3c(c2)OCO3)cc1. The van der Waals surface area contributed by atoms with Crippen molar-refractivity contribution >= 4 is 17.3 Å². The summed E-state index contributed by atoms with van der Waals surface area (Å²) >= 11 is 0. The Labute approximate surface area is 109 Å². The summed E-state index contributed by atoms with van der Waals surface area (Å²) < 4.78 is 10.5. The average molecular weight is 256 g/mol. The number of anilines is 2. The van der Waals surface area contributed by atoms with Gasteiger partial charge in [0.25, 0.3) is 5.91 Å². The van der Waals surface area contributed by atoms with Gasteiger partial charge in [0.15, 0.2) is 11.5 Å². The number of hydrogen-bond acceptors (Lipinski definition) is 4. The van der Waals surface area contributed by atoms with Gasteiger partial charge in [-0.1, -0.05) is 0 Å². The molecule has 1 aliphatic rings. The Kier molecular flexibility index (Phi) is 2.72. The standard InChI is InChI=1S/C14H12N2O3/c15-10-3-1-9(2-4-10)14(17)16-11-5-6-12-13(7-11)19-8-18-12/h1-7H,8,15H2,(H,16,17). The van der Waals surface area contributed by atoms with Crippen LogP contribution in [-0.4, -0.2) is 12.7 Å². The highest BCUT2D eigenvalue weighted by Gasteiger charge is 2.14. The lowest BCUT2D eigenvalue weighted by Crippen LogP contribution is -2.11. The number of nitrogens with two attached hydrogens (primary N) is 1. The van der Waals surface area contributed by atoms with Crippen LogP contribution in [0.15, 0.2) is 42.5 Å². The largest absolute Gasteiger partial charge is 0.454 e. The summed E-state index contributed by atoms with van der Waals surface area (Å²) in [5.41, 5.74) is 7.41. The molecule has 1 heterocycles. The molecule has 2 aromatic carbocycles. The Bertz CT molecular complexity index is 623. The van der Waals surface area contributed by atoms with Crippen molar-refractivity contribution in [3.8, 4) is 11.5 Å². The van der Waals surface area contributed by atoms with Crippen LogP contribution in [0.2, 0.25) is 0 Å². The van der Waals surface area contributed by atoms with Crippen molar-refractivity contribution in [1.82, 2.24) is 0 Å². The van der Waals surface area contributed by atoms with Crippen LogP contribution in [0.1, 0.15) is 10.4 Å². The molecule has 1 aliphatic heterocycles. The number of hydrogen-bond donors (Lipinski definition) is 2. The van der Waals surface area contributed by atoms with Gasteiger partial charge in [0.1, 0.15) is 0 Å². The maximum absolute atomic E-state index is 12.0. The van der Waals surface area contributed by atoms with Gasteiger partial charge in [-0.05, 0) is 36.4 Å². The van der Waals surface area contributed by atoms with E-state index < -0.39 is 0 Å². The van der Waals surface area contributed by atoms with E-state index in [2.05, 4.69) is 5.32 Å². The van der Waals surface area contributed by atoms with E-state index in [4.69, 9.17) is 15.2 Å². The van der Waals surface area contributed by atoms with Gasteiger partial charge in [-0.25, -0.2) is 0 Å². The monoisotopic (exact) mass is 256 g/mol. The molecule has 0 spiro atoms. The molecule has 0 atom stereocenters. The van der Waals surface area contributed by atoms with E-state index in [0.29, 0.717) is 28.4 Å². The van der Waals surface area contributed by atoms with Crippen molar-refractivity contribution in [2.45, 2.75) is 0 Å². The topological polar surface area (TPSA) is 73.6 Å². The van der Waals surface area contributed by atoms with Gasteiger partial charge in [-0.3, -0.25) is 4.79 Å². The zero-order valence-electron chi connectivity index (χ0n) is 10.1. The van der Waals surface area contributed by atoms with Crippen LogP contribution in [-0.2, 0) is 0 Å². The van der Waals surface area contributed by atoms with Gasteiger partial charge < -0.3 is 20.5 Å². The third-order valence-electron chi connectivity index (χ3n) is 2.80. The van der Waals surface area contributed by atoms with Crippen molar-refractivity contribution in [2.24, 2.45) is 0 Å². The molecule has 0 bridgehead atoms. The first-order chi connectivity index (χ1) is 9.22. The second kappa shape index (κ2) is 4.53. The number of nitrogen functional groups attached to an aromatic ring is 1. The van der Waals surface area contributed by atoms with E-state index in [1.165, 1.54) is 0 Å². The van der Waals surface area contributed by atoms with Gasteiger partial charge in [0.2, 0.25) is 6.79 Å². The molecule has 0 saturated heterocycles. The number of fused-ring (bicyclic) bond motifs is 1. The fourth-order valence-electron chi connectivity index (χ4n) is 1.81. The summed E-state index contributed by atoms with van der Waals surface area (Å²) in [7, 11) is 0. The number of benzene rings is 2. The molecule has 0 aliphatic carbocycles. The van der Waals surface area contributed by atoms with E-state index in [0.717, 1.165) is 0 Å². The van der Waals surface area contributed by atoms with Crippen molar-refractivity contribution in [1.29, 1.82) is 0 Å². The molecule has 0 radical (unpaired) electrons. The van der Waals surface area contributed by atoms with E-state index in [9.17, 15) is 4.79 Å². The Balaban J connectivity index is 1.77. The van der Waals surface area contributed by atoms with Gasteiger partial charge in [0, 0.05) is 23.0 Å². The number of ether oxygens (including phenoxy) is 2. The molecule has 0 unspecified atom stereocenters. The Morgan fingerprint density at radius 3 is 2.58 bits per heavy atom. The molecule has 1 amide bonds. The maximum Gasteiger partial charge on any atom is 0.255 e. The van der Waals surface area contributed by atoms with Crippen LogP contribution in [0.25, 0.3) is 0 Å². The lowest BCUT2D eigenvalue weighted by molar-refractivity contribution is 0.102. The number of nitrogens with one attached hydrogen (secondary N) is 1. The summed E-state index contributed by atoms with van der Waals surface area (Å²) in [6, 6.07) is 12.0. The second-order valence-electron chi connectivity index (χ2n) is 4.14. The summed E-state index contributed by atoms with van der Waals surface area (Å²) in [4.78, 5) is 12.0. The van der Waals surface area contributed by atoms with Gasteiger partial charge in [-0.2, -0.15) is 0 Å². The number of carbonyl (C=O) groups excluding carboxylic acids is 1. The zero-order valence-corrected chi connectivity index (χ0v) is 10.1. The molecule has 3 rings (SSSR count). The van der Waals surface area contributed by atoms with Gasteiger partial charge in [-0.15, -0.1) is 0 Å². The predicted molar refractivity (Wildman–Crippen MR) is 71.4 cm³/mol. The Hall–Kier alpha value is -2.69. The third kappa shape index (κ3) is 2.30. The molecule has 0 fully saturated rings. The molecule has 0 saturated carbocycles. The van der Waals surface area contributed by atoms with Crippen LogP contribution in [0, 0.1) is 0 Å². The molecule has 19 heavy (non-hydrogen) atoms. The molecule has 96 valence electrons. The maximum atomic E-state index is 12.0. The Morgan fingerprint density at radius 2 is 1.79 bits per heavy atom. The number of carbonyl (C=O) groups is 1. The lowest BCUT2D eigenvalue weighted by atomic mass is 10.2. The second-order valence-corrected chi connectivity index (χ2v) is 4.14. The molecule has 2 aromatic rings. The van der Waals surface area contributed by atoms with Gasteiger partial charge in [0.05, 0.1) is 0 Å². The number of rotatable bonds is 2. The summed E-state index contributed by atoms with van der Waals surface area (Å²) in [5, 5.41) is 2.79. The van der Waals surface area contributed by atoms with Crippen LogP contribution >= 0.6 is 0 Å². The first-order valence-electron chi connectivity index (χ1n) is 5.79. The van der Waals surface area contributed by atoms with Crippen molar-refractivity contribution in [3.63, 3.8) is 0 Å². The predicted octanol–water partition coefficient (Wildman–Crippen LogP) is 2.25. The quantitative estimate of drug-likeness (QED) is 0.808. The smallest absolute Gasteiger partial charge is 0.255 e. The van der Waals surface area contributed by atoms with Crippen LogP contribution in [0.3, 0.4) is 0 Å². The van der Waals surface area contributed by atoms with Crippen LogP contribution in [0.4, 0.5) is 11.4 Å². The fourth-order valence-corrected chi connectivity index (χ4v) is 1.81. The van der Waals surface area contributed by atoms with E-state index >= 15 is 0 Å². The minimum Gasteiger partial charge on any atom is -0.454 e. The molecule has 5 heteroatoms.